The minimum atomic E-state index is -3.61. The Morgan fingerprint density at radius 1 is 1.15 bits per heavy atom. The molecule has 3 aromatic rings. The van der Waals surface area contributed by atoms with Crippen molar-refractivity contribution >= 4 is 32.9 Å². The molecule has 0 aliphatic heterocycles. The molecule has 0 aliphatic carbocycles. The Labute approximate surface area is 198 Å². The molecule has 3 rings (SSSR count). The first-order chi connectivity index (χ1) is 16.0. The van der Waals surface area contributed by atoms with E-state index >= 15 is 0 Å². The summed E-state index contributed by atoms with van der Waals surface area (Å²) >= 11 is 0. The van der Waals surface area contributed by atoms with Crippen LogP contribution >= 0.6 is 0 Å². The molecule has 0 bridgehead atoms. The number of aromatic nitrogens is 2. The van der Waals surface area contributed by atoms with Crippen molar-refractivity contribution in [2.45, 2.75) is 37.2 Å². The van der Waals surface area contributed by atoms with Gasteiger partial charge in [0.1, 0.15) is 17.7 Å². The Morgan fingerprint density at radius 3 is 2.44 bits per heavy atom. The number of imidazole rings is 1. The highest BCUT2D eigenvalue weighted by molar-refractivity contribution is 7.89. The highest BCUT2D eigenvalue weighted by Gasteiger charge is 2.27. The standard InChI is InChI=1S/C23H28FN5O4S/c1-5-29-19-10-9-17(34(32,33)27(2)3)14-18(19)26-20(29)11-12-21(30)28(4)22(23(25)31)15-7-6-8-16(24)13-15/h6-10,13-14,22H,5,11-12H2,1-4H3,(H2,25,31). The maximum atomic E-state index is 13.6. The number of halogens is 1. The van der Waals surface area contributed by atoms with Crippen molar-refractivity contribution in [3.8, 4) is 0 Å². The number of sulfonamides is 1. The quantitative estimate of drug-likeness (QED) is 0.494. The van der Waals surface area contributed by atoms with E-state index in [0.717, 1.165) is 9.82 Å². The molecular weight excluding hydrogens is 461 g/mol. The molecule has 2 aromatic carbocycles. The van der Waals surface area contributed by atoms with E-state index in [2.05, 4.69) is 4.98 Å². The molecule has 1 aromatic heterocycles. The van der Waals surface area contributed by atoms with E-state index in [0.29, 0.717) is 23.4 Å². The van der Waals surface area contributed by atoms with Crippen LogP contribution in [0.4, 0.5) is 4.39 Å². The fraction of sp³-hybridized carbons (Fsp3) is 0.348. The number of aryl methyl sites for hydroxylation is 2. The van der Waals surface area contributed by atoms with Crippen LogP contribution in [0.5, 0.6) is 0 Å². The molecular formula is C23H28FN5O4S. The minimum absolute atomic E-state index is 0.0295. The van der Waals surface area contributed by atoms with Crippen LogP contribution in [0.1, 0.15) is 30.8 Å². The highest BCUT2D eigenvalue weighted by Crippen LogP contribution is 2.24. The second-order valence-corrected chi connectivity index (χ2v) is 10.2. The fourth-order valence-corrected chi connectivity index (χ4v) is 4.79. The van der Waals surface area contributed by atoms with E-state index in [4.69, 9.17) is 5.73 Å². The van der Waals surface area contributed by atoms with Crippen molar-refractivity contribution in [3.05, 3.63) is 59.7 Å². The molecule has 9 nitrogen and oxygen atoms in total. The monoisotopic (exact) mass is 489 g/mol. The van der Waals surface area contributed by atoms with Crippen LogP contribution < -0.4 is 5.73 Å². The van der Waals surface area contributed by atoms with Gasteiger partial charge in [0, 0.05) is 40.5 Å². The normalized spacial score (nSPS) is 12.8. The van der Waals surface area contributed by atoms with Crippen molar-refractivity contribution in [1.29, 1.82) is 0 Å². The number of primary amides is 1. The predicted octanol–water partition coefficient (Wildman–Crippen LogP) is 2.06. The maximum Gasteiger partial charge on any atom is 0.244 e. The van der Waals surface area contributed by atoms with E-state index in [9.17, 15) is 22.4 Å². The number of hydrogen-bond acceptors (Lipinski definition) is 5. The van der Waals surface area contributed by atoms with Crippen molar-refractivity contribution in [1.82, 2.24) is 18.8 Å². The van der Waals surface area contributed by atoms with Crippen LogP contribution in [0.3, 0.4) is 0 Å². The van der Waals surface area contributed by atoms with Gasteiger partial charge in [0.25, 0.3) is 0 Å². The van der Waals surface area contributed by atoms with E-state index in [1.165, 1.54) is 62.4 Å². The predicted molar refractivity (Wildman–Crippen MR) is 126 cm³/mol. The van der Waals surface area contributed by atoms with Gasteiger partial charge in [-0.1, -0.05) is 12.1 Å². The summed E-state index contributed by atoms with van der Waals surface area (Å²) in [6, 6.07) is 9.06. The fourth-order valence-electron chi connectivity index (χ4n) is 3.87. The van der Waals surface area contributed by atoms with E-state index in [1.54, 1.807) is 6.07 Å². The van der Waals surface area contributed by atoms with Crippen molar-refractivity contribution in [2.75, 3.05) is 21.1 Å². The second-order valence-electron chi connectivity index (χ2n) is 8.07. The van der Waals surface area contributed by atoms with Gasteiger partial charge in [-0.05, 0) is 42.8 Å². The summed E-state index contributed by atoms with van der Waals surface area (Å²) in [6.07, 6.45) is 0.290. The van der Waals surface area contributed by atoms with Gasteiger partial charge in [-0.3, -0.25) is 9.59 Å². The summed E-state index contributed by atoms with van der Waals surface area (Å²) in [5.41, 5.74) is 7.06. The number of nitrogens with zero attached hydrogens (tertiary/aromatic N) is 4. The molecule has 1 atom stereocenters. The van der Waals surface area contributed by atoms with Crippen LogP contribution in [0, 0.1) is 5.82 Å². The topological polar surface area (TPSA) is 119 Å². The number of nitrogens with two attached hydrogens (primary N) is 1. The lowest BCUT2D eigenvalue weighted by Crippen LogP contribution is -2.39. The first-order valence-electron chi connectivity index (χ1n) is 10.7. The van der Waals surface area contributed by atoms with Crippen LogP contribution in [0.25, 0.3) is 11.0 Å². The largest absolute Gasteiger partial charge is 0.368 e. The summed E-state index contributed by atoms with van der Waals surface area (Å²) in [6.45, 7) is 2.50. The Balaban J connectivity index is 1.84. The lowest BCUT2D eigenvalue weighted by atomic mass is 10.0. The number of rotatable bonds is 9. The van der Waals surface area contributed by atoms with Gasteiger partial charge >= 0.3 is 0 Å². The molecule has 182 valence electrons. The van der Waals surface area contributed by atoms with Gasteiger partial charge in [-0.2, -0.15) is 0 Å². The molecule has 11 heteroatoms. The zero-order valence-corrected chi connectivity index (χ0v) is 20.3. The average Bonchev–Trinajstić information content (AvgIpc) is 3.13. The third-order valence-corrected chi connectivity index (χ3v) is 7.48. The second kappa shape index (κ2) is 9.90. The average molecular weight is 490 g/mol. The SMILES string of the molecule is CCn1c(CCC(=O)N(C)C(C(N)=O)c2cccc(F)c2)nc2cc(S(=O)(=O)N(C)C)ccc21. The Kier molecular flexibility index (Phi) is 7.37. The first kappa shape index (κ1) is 25.3. The minimum Gasteiger partial charge on any atom is -0.368 e. The van der Waals surface area contributed by atoms with Crippen LogP contribution in [-0.4, -0.2) is 60.1 Å². The zero-order chi connectivity index (χ0) is 25.2. The number of hydrogen-bond donors (Lipinski definition) is 1. The number of fused-ring (bicyclic) bond motifs is 1. The Hall–Kier alpha value is -3.31. The first-order valence-corrected chi connectivity index (χ1v) is 12.1. The van der Waals surface area contributed by atoms with Crippen molar-refractivity contribution in [2.24, 2.45) is 5.73 Å². The molecule has 0 aliphatic rings. The van der Waals surface area contributed by atoms with E-state index < -0.39 is 27.8 Å². The van der Waals surface area contributed by atoms with Gasteiger partial charge in [-0.25, -0.2) is 22.1 Å². The van der Waals surface area contributed by atoms with Crippen molar-refractivity contribution in [3.63, 3.8) is 0 Å². The molecule has 34 heavy (non-hydrogen) atoms. The van der Waals surface area contributed by atoms with Crippen molar-refractivity contribution < 1.29 is 22.4 Å². The summed E-state index contributed by atoms with van der Waals surface area (Å²) in [4.78, 5) is 30.8. The molecule has 2 N–H and O–H groups in total. The molecule has 0 radical (unpaired) electrons. The highest BCUT2D eigenvalue weighted by atomic mass is 32.2. The molecule has 1 heterocycles. The van der Waals surface area contributed by atoms with Gasteiger partial charge < -0.3 is 15.2 Å². The molecule has 2 amide bonds. The lowest BCUT2D eigenvalue weighted by Gasteiger charge is -2.26. The third-order valence-electron chi connectivity index (χ3n) is 5.67. The molecule has 0 saturated carbocycles. The summed E-state index contributed by atoms with van der Waals surface area (Å²) in [5.74, 6) is -1.05. The molecule has 1 unspecified atom stereocenters. The lowest BCUT2D eigenvalue weighted by molar-refractivity contribution is -0.138. The van der Waals surface area contributed by atoms with Crippen LogP contribution in [0.2, 0.25) is 0 Å². The number of benzene rings is 2. The van der Waals surface area contributed by atoms with E-state index in [1.807, 2.05) is 11.5 Å². The smallest absolute Gasteiger partial charge is 0.244 e. The number of likely N-dealkylation sites (N-methyl/N-ethyl adjacent to an activating group) is 1. The summed E-state index contributed by atoms with van der Waals surface area (Å²) < 4.78 is 41.6. The Bertz CT molecular complexity index is 1340. The molecule has 0 spiro atoms. The number of carbonyl (C=O) groups excluding carboxylic acids is 2. The van der Waals surface area contributed by atoms with Gasteiger partial charge in [0.05, 0.1) is 15.9 Å². The molecule has 0 fully saturated rings. The van der Waals surface area contributed by atoms with Gasteiger partial charge in [0.2, 0.25) is 21.8 Å². The van der Waals surface area contributed by atoms with Gasteiger partial charge in [0.15, 0.2) is 0 Å². The third kappa shape index (κ3) is 4.95. The maximum absolute atomic E-state index is 13.6. The summed E-state index contributed by atoms with van der Waals surface area (Å²) in [5, 5.41) is 0. The van der Waals surface area contributed by atoms with Crippen LogP contribution in [-0.2, 0) is 32.6 Å². The van der Waals surface area contributed by atoms with Crippen LogP contribution in [0.15, 0.2) is 47.4 Å². The van der Waals surface area contributed by atoms with Gasteiger partial charge in [-0.15, -0.1) is 0 Å². The number of carbonyl (C=O) groups is 2. The summed E-state index contributed by atoms with van der Waals surface area (Å²) in [7, 11) is 0.757. The number of amides is 2. The Morgan fingerprint density at radius 2 is 1.85 bits per heavy atom. The zero-order valence-electron chi connectivity index (χ0n) is 19.5. The molecule has 0 saturated heterocycles. The van der Waals surface area contributed by atoms with E-state index in [-0.39, 0.29) is 23.6 Å².